The van der Waals surface area contributed by atoms with Gasteiger partial charge in [-0.1, -0.05) is 13.0 Å². The molecule has 0 radical (unpaired) electrons. The molecule has 7 heteroatoms. The number of fused-ring (bicyclic) bond motifs is 1. The Hall–Kier alpha value is -2.67. The molecule has 0 fully saturated rings. The molecule has 22 heavy (non-hydrogen) atoms. The van der Waals surface area contributed by atoms with Crippen molar-refractivity contribution in [3.63, 3.8) is 0 Å². The summed E-state index contributed by atoms with van der Waals surface area (Å²) in [6, 6.07) is 6.06. The van der Waals surface area contributed by atoms with Gasteiger partial charge in [0.25, 0.3) is 5.95 Å². The van der Waals surface area contributed by atoms with Crippen LogP contribution in [0.3, 0.4) is 0 Å². The molecule has 0 aliphatic heterocycles. The lowest BCUT2D eigenvalue weighted by atomic mass is 10.3. The second kappa shape index (κ2) is 6.40. The average molecular weight is 299 g/mol. The fraction of sp³-hybridized carbons (Fsp3) is 0.200. The molecule has 2 heterocycles. The highest BCUT2D eigenvalue weighted by molar-refractivity contribution is 5.70. The highest BCUT2D eigenvalue weighted by Crippen LogP contribution is 2.24. The predicted molar refractivity (Wildman–Crippen MR) is 79.9 cm³/mol. The summed E-state index contributed by atoms with van der Waals surface area (Å²) < 4.78 is 13.5. The molecular formula is C15H14FN5O. The van der Waals surface area contributed by atoms with E-state index in [-0.39, 0.29) is 11.8 Å². The number of nitrogens with zero attached hydrogens (tertiary/aromatic N) is 5. The van der Waals surface area contributed by atoms with E-state index >= 15 is 0 Å². The first-order chi connectivity index (χ1) is 10.8. The van der Waals surface area contributed by atoms with Crippen LogP contribution in [-0.2, 0) is 4.84 Å². The number of hydrogen-bond donors (Lipinski definition) is 0. The summed E-state index contributed by atoms with van der Waals surface area (Å²) in [4.78, 5) is 22.5. The van der Waals surface area contributed by atoms with Gasteiger partial charge in [0.05, 0.1) is 18.5 Å². The third-order valence-corrected chi connectivity index (χ3v) is 2.86. The summed E-state index contributed by atoms with van der Waals surface area (Å²) in [5, 5.41) is 1.40. The Bertz CT molecular complexity index is 782. The average Bonchev–Trinajstić information content (AvgIpc) is 2.55. The van der Waals surface area contributed by atoms with Crippen LogP contribution < -0.4 is 5.06 Å². The third-order valence-electron chi connectivity index (χ3n) is 2.86. The Kier molecular flexibility index (Phi) is 4.15. The van der Waals surface area contributed by atoms with Gasteiger partial charge in [0.15, 0.2) is 5.65 Å². The highest BCUT2D eigenvalue weighted by atomic mass is 19.1. The molecule has 2 aromatic heterocycles. The largest absolute Gasteiger partial charge is 0.266 e. The molecule has 0 N–H and O–H groups in total. The number of benzene rings is 1. The Morgan fingerprint density at radius 2 is 2.05 bits per heavy atom. The van der Waals surface area contributed by atoms with Crippen LogP contribution in [0.2, 0.25) is 0 Å². The second-order valence-electron chi connectivity index (χ2n) is 4.54. The van der Waals surface area contributed by atoms with Gasteiger partial charge in [-0.25, -0.2) is 19.3 Å². The van der Waals surface area contributed by atoms with E-state index in [0.717, 1.165) is 6.42 Å². The van der Waals surface area contributed by atoms with E-state index in [1.54, 1.807) is 30.7 Å². The van der Waals surface area contributed by atoms with Gasteiger partial charge in [-0.3, -0.25) is 4.84 Å². The van der Waals surface area contributed by atoms with E-state index in [9.17, 15) is 4.39 Å². The third kappa shape index (κ3) is 2.99. The molecule has 0 amide bonds. The van der Waals surface area contributed by atoms with E-state index in [0.29, 0.717) is 23.5 Å². The van der Waals surface area contributed by atoms with E-state index < -0.39 is 0 Å². The molecule has 0 saturated carbocycles. The van der Waals surface area contributed by atoms with Gasteiger partial charge < -0.3 is 0 Å². The molecule has 0 atom stereocenters. The van der Waals surface area contributed by atoms with Crippen molar-refractivity contribution in [3.8, 4) is 0 Å². The summed E-state index contributed by atoms with van der Waals surface area (Å²) in [6.07, 6.45) is 5.49. The Labute approximate surface area is 126 Å². The van der Waals surface area contributed by atoms with Crippen molar-refractivity contribution in [2.24, 2.45) is 0 Å². The van der Waals surface area contributed by atoms with Gasteiger partial charge in [-0.2, -0.15) is 10.0 Å². The van der Waals surface area contributed by atoms with Crippen LogP contribution >= 0.6 is 0 Å². The molecule has 1 aromatic carbocycles. The summed E-state index contributed by atoms with van der Waals surface area (Å²) in [5.74, 6) is -0.0739. The van der Waals surface area contributed by atoms with E-state index in [2.05, 4.69) is 19.9 Å². The van der Waals surface area contributed by atoms with E-state index in [1.807, 2.05) is 6.92 Å². The maximum atomic E-state index is 13.5. The Balaban J connectivity index is 2.03. The molecule has 3 aromatic rings. The number of rotatable bonds is 5. The van der Waals surface area contributed by atoms with Gasteiger partial charge in [-0.05, 0) is 18.6 Å². The molecule has 0 spiro atoms. The number of halogens is 1. The Morgan fingerprint density at radius 1 is 1.18 bits per heavy atom. The summed E-state index contributed by atoms with van der Waals surface area (Å²) in [7, 11) is 0. The SMILES string of the molecule is CCCON(c1cccc(F)c1)c1ncc2nccnc2n1. The Morgan fingerprint density at radius 3 is 2.86 bits per heavy atom. The topological polar surface area (TPSA) is 64.0 Å². The zero-order valence-electron chi connectivity index (χ0n) is 12.0. The monoisotopic (exact) mass is 299 g/mol. The molecule has 0 aliphatic carbocycles. The van der Waals surface area contributed by atoms with Crippen molar-refractivity contribution in [3.05, 3.63) is 48.7 Å². The second-order valence-corrected chi connectivity index (χ2v) is 4.54. The van der Waals surface area contributed by atoms with Crippen molar-refractivity contribution in [1.82, 2.24) is 19.9 Å². The number of hydrogen-bond acceptors (Lipinski definition) is 6. The van der Waals surface area contributed by atoms with Crippen molar-refractivity contribution in [1.29, 1.82) is 0 Å². The van der Waals surface area contributed by atoms with Crippen LogP contribution in [0.4, 0.5) is 16.0 Å². The van der Waals surface area contributed by atoms with Gasteiger partial charge in [0.1, 0.15) is 11.3 Å². The van der Waals surface area contributed by atoms with E-state index in [4.69, 9.17) is 4.84 Å². The fourth-order valence-electron chi connectivity index (χ4n) is 1.89. The molecule has 3 rings (SSSR count). The maximum Gasteiger partial charge on any atom is 0.256 e. The van der Waals surface area contributed by atoms with Gasteiger partial charge in [-0.15, -0.1) is 0 Å². The molecule has 0 saturated heterocycles. The highest BCUT2D eigenvalue weighted by Gasteiger charge is 2.15. The minimum Gasteiger partial charge on any atom is -0.266 e. The predicted octanol–water partition coefficient (Wildman–Crippen LogP) is 3.04. The number of aromatic nitrogens is 4. The quantitative estimate of drug-likeness (QED) is 0.675. The van der Waals surface area contributed by atoms with Crippen LogP contribution in [0.25, 0.3) is 11.2 Å². The minimum absolute atomic E-state index is 0.284. The zero-order valence-corrected chi connectivity index (χ0v) is 12.0. The lowest BCUT2D eigenvalue weighted by Gasteiger charge is -2.21. The lowest BCUT2D eigenvalue weighted by Crippen LogP contribution is -2.21. The first-order valence-corrected chi connectivity index (χ1v) is 6.90. The van der Waals surface area contributed by atoms with Gasteiger partial charge >= 0.3 is 0 Å². The van der Waals surface area contributed by atoms with Crippen LogP contribution in [0, 0.1) is 5.82 Å². The standard InChI is InChI=1S/C15H14FN5O/c1-2-8-22-21(12-5-3-4-11(16)9-12)15-19-10-13-14(20-15)18-7-6-17-13/h3-7,9-10H,2,8H2,1H3. The molecule has 112 valence electrons. The van der Waals surface area contributed by atoms with E-state index in [1.165, 1.54) is 17.2 Å². The van der Waals surface area contributed by atoms with Crippen molar-refractivity contribution in [2.75, 3.05) is 11.7 Å². The van der Waals surface area contributed by atoms with Crippen molar-refractivity contribution < 1.29 is 9.23 Å². The summed E-state index contributed by atoms with van der Waals surface area (Å²) in [6.45, 7) is 2.44. The fourth-order valence-corrected chi connectivity index (χ4v) is 1.89. The molecule has 6 nitrogen and oxygen atoms in total. The van der Waals surface area contributed by atoms with Gasteiger partial charge in [0, 0.05) is 18.5 Å². The smallest absolute Gasteiger partial charge is 0.256 e. The van der Waals surface area contributed by atoms with Crippen molar-refractivity contribution in [2.45, 2.75) is 13.3 Å². The maximum absolute atomic E-state index is 13.5. The molecule has 0 bridgehead atoms. The van der Waals surface area contributed by atoms with Crippen LogP contribution in [0.5, 0.6) is 0 Å². The lowest BCUT2D eigenvalue weighted by molar-refractivity contribution is 0.133. The normalized spacial score (nSPS) is 10.8. The van der Waals surface area contributed by atoms with Gasteiger partial charge in [0.2, 0.25) is 0 Å². The van der Waals surface area contributed by atoms with Crippen molar-refractivity contribution >= 4 is 22.8 Å². The van der Waals surface area contributed by atoms with Crippen LogP contribution in [-0.4, -0.2) is 26.5 Å². The summed E-state index contributed by atoms with van der Waals surface area (Å²) >= 11 is 0. The minimum atomic E-state index is -0.358. The first kappa shape index (κ1) is 14.3. The molecule has 0 unspecified atom stereocenters. The first-order valence-electron chi connectivity index (χ1n) is 6.90. The van der Waals surface area contributed by atoms with Crippen LogP contribution in [0.15, 0.2) is 42.9 Å². The summed E-state index contributed by atoms with van der Waals surface area (Å²) in [5.41, 5.74) is 1.55. The molecular weight excluding hydrogens is 285 g/mol. The van der Waals surface area contributed by atoms with Crippen LogP contribution in [0.1, 0.15) is 13.3 Å². The zero-order chi connectivity index (χ0) is 15.4. The molecule has 0 aliphatic rings. The number of anilines is 2.